The molecule has 7 heteroatoms. The largest absolute Gasteiger partial charge is 0.505 e. The molecule has 0 saturated heterocycles. The number of pyridine rings is 1. The zero-order valence-corrected chi connectivity index (χ0v) is 10.0. The van der Waals surface area contributed by atoms with Gasteiger partial charge in [0.2, 0.25) is 0 Å². The molecule has 0 fully saturated rings. The van der Waals surface area contributed by atoms with E-state index in [1.165, 1.54) is 6.07 Å². The van der Waals surface area contributed by atoms with Crippen LogP contribution in [0.5, 0.6) is 5.75 Å². The first-order valence-electron chi connectivity index (χ1n) is 4.64. The minimum absolute atomic E-state index is 0.0650. The molecular formula is C9H9BrN4O2. The SMILES string of the molecule is CCNc1nnc(-c2ccc(O)c(Br)n2)o1. The Morgan fingerprint density at radius 2 is 2.25 bits per heavy atom. The monoisotopic (exact) mass is 284 g/mol. The van der Waals surface area contributed by atoms with Gasteiger partial charge in [-0.05, 0) is 35.0 Å². The fourth-order valence-electron chi connectivity index (χ4n) is 1.10. The molecule has 16 heavy (non-hydrogen) atoms. The summed E-state index contributed by atoms with van der Waals surface area (Å²) in [7, 11) is 0. The molecule has 0 radical (unpaired) electrons. The van der Waals surface area contributed by atoms with Crippen molar-refractivity contribution in [1.29, 1.82) is 0 Å². The van der Waals surface area contributed by atoms with Crippen molar-refractivity contribution in [3.8, 4) is 17.3 Å². The standard InChI is InChI=1S/C9H9BrN4O2/c1-2-11-9-14-13-8(16-9)5-3-4-6(15)7(10)12-5/h3-4,15H,2H2,1H3,(H,11,14). The van der Waals surface area contributed by atoms with Crippen molar-refractivity contribution < 1.29 is 9.52 Å². The van der Waals surface area contributed by atoms with E-state index < -0.39 is 0 Å². The lowest BCUT2D eigenvalue weighted by Gasteiger charge is -1.97. The van der Waals surface area contributed by atoms with E-state index in [1.54, 1.807) is 6.07 Å². The van der Waals surface area contributed by atoms with Crippen LogP contribution >= 0.6 is 15.9 Å². The molecule has 0 aromatic carbocycles. The Kier molecular flexibility index (Phi) is 3.04. The Morgan fingerprint density at radius 1 is 1.44 bits per heavy atom. The van der Waals surface area contributed by atoms with Gasteiger partial charge in [0, 0.05) is 6.54 Å². The minimum atomic E-state index is 0.0650. The molecule has 2 N–H and O–H groups in total. The predicted molar refractivity (Wildman–Crippen MR) is 61.1 cm³/mol. The smallest absolute Gasteiger partial charge is 0.315 e. The van der Waals surface area contributed by atoms with Crippen molar-refractivity contribution in [2.24, 2.45) is 0 Å². The van der Waals surface area contributed by atoms with Gasteiger partial charge in [0.25, 0.3) is 5.89 Å². The van der Waals surface area contributed by atoms with E-state index in [0.717, 1.165) is 0 Å². The molecule has 0 aliphatic carbocycles. The topological polar surface area (TPSA) is 84.1 Å². The van der Waals surface area contributed by atoms with Gasteiger partial charge in [0.15, 0.2) is 0 Å². The van der Waals surface area contributed by atoms with Crippen LogP contribution in [0.15, 0.2) is 21.2 Å². The molecule has 0 bridgehead atoms. The van der Waals surface area contributed by atoms with Crippen LogP contribution < -0.4 is 5.32 Å². The summed E-state index contributed by atoms with van der Waals surface area (Å²) in [6.07, 6.45) is 0. The van der Waals surface area contributed by atoms with Crippen molar-refractivity contribution in [1.82, 2.24) is 15.2 Å². The van der Waals surface area contributed by atoms with Crippen LogP contribution in [0.25, 0.3) is 11.6 Å². The molecule has 84 valence electrons. The Morgan fingerprint density at radius 3 is 2.94 bits per heavy atom. The number of nitrogens with zero attached hydrogens (tertiary/aromatic N) is 3. The van der Waals surface area contributed by atoms with Crippen molar-refractivity contribution in [3.63, 3.8) is 0 Å². The molecule has 0 aliphatic heterocycles. The van der Waals surface area contributed by atoms with Gasteiger partial charge in [0.1, 0.15) is 16.0 Å². The van der Waals surface area contributed by atoms with E-state index in [2.05, 4.69) is 36.4 Å². The molecule has 0 unspecified atom stereocenters. The average molecular weight is 285 g/mol. The first-order valence-corrected chi connectivity index (χ1v) is 5.43. The van der Waals surface area contributed by atoms with Gasteiger partial charge in [-0.2, -0.15) is 0 Å². The van der Waals surface area contributed by atoms with E-state index in [-0.39, 0.29) is 5.75 Å². The summed E-state index contributed by atoms with van der Waals surface area (Å²) in [5.41, 5.74) is 0.501. The summed E-state index contributed by atoms with van der Waals surface area (Å²) >= 11 is 3.11. The normalized spacial score (nSPS) is 10.4. The second-order valence-electron chi connectivity index (χ2n) is 2.95. The summed E-state index contributed by atoms with van der Waals surface area (Å²) in [5.74, 6) is 0.367. The molecule has 2 heterocycles. The van der Waals surface area contributed by atoms with Gasteiger partial charge in [-0.3, -0.25) is 0 Å². The van der Waals surface area contributed by atoms with Crippen molar-refractivity contribution in [3.05, 3.63) is 16.7 Å². The second kappa shape index (κ2) is 4.48. The van der Waals surface area contributed by atoms with Crippen LogP contribution in [-0.2, 0) is 0 Å². The van der Waals surface area contributed by atoms with Crippen LogP contribution in [0.1, 0.15) is 6.92 Å². The first kappa shape index (κ1) is 10.9. The van der Waals surface area contributed by atoms with E-state index >= 15 is 0 Å². The third-order valence-corrected chi connectivity index (χ3v) is 2.38. The lowest BCUT2D eigenvalue weighted by Crippen LogP contribution is -1.95. The van der Waals surface area contributed by atoms with Crippen LogP contribution in [0.3, 0.4) is 0 Å². The molecular weight excluding hydrogens is 276 g/mol. The highest BCUT2D eigenvalue weighted by Gasteiger charge is 2.10. The molecule has 0 atom stereocenters. The Bertz CT molecular complexity index is 500. The zero-order chi connectivity index (χ0) is 11.5. The molecule has 2 rings (SSSR count). The zero-order valence-electron chi connectivity index (χ0n) is 8.44. The van der Waals surface area contributed by atoms with Crippen LogP contribution in [-0.4, -0.2) is 26.8 Å². The van der Waals surface area contributed by atoms with Gasteiger partial charge in [-0.25, -0.2) is 4.98 Å². The quantitative estimate of drug-likeness (QED) is 0.839. The summed E-state index contributed by atoms with van der Waals surface area (Å²) in [6, 6.07) is 3.45. The number of aromatic hydroxyl groups is 1. The molecule has 6 nitrogen and oxygen atoms in total. The van der Waals surface area contributed by atoms with Gasteiger partial charge in [-0.1, -0.05) is 5.10 Å². The maximum atomic E-state index is 9.29. The van der Waals surface area contributed by atoms with Crippen LogP contribution in [0.2, 0.25) is 0 Å². The summed E-state index contributed by atoms with van der Waals surface area (Å²) in [4.78, 5) is 4.06. The summed E-state index contributed by atoms with van der Waals surface area (Å²) in [6.45, 7) is 2.63. The number of halogens is 1. The van der Waals surface area contributed by atoms with Gasteiger partial charge >= 0.3 is 6.01 Å². The van der Waals surface area contributed by atoms with E-state index in [4.69, 9.17) is 4.42 Å². The lowest BCUT2D eigenvalue weighted by atomic mass is 10.3. The van der Waals surface area contributed by atoms with Gasteiger partial charge < -0.3 is 14.8 Å². The molecule has 0 amide bonds. The Hall–Kier alpha value is -1.63. The number of nitrogens with one attached hydrogen (secondary N) is 1. The van der Waals surface area contributed by atoms with E-state index in [0.29, 0.717) is 28.7 Å². The van der Waals surface area contributed by atoms with E-state index in [9.17, 15) is 5.11 Å². The Balaban J connectivity index is 2.31. The van der Waals surface area contributed by atoms with Crippen LogP contribution in [0.4, 0.5) is 6.01 Å². The second-order valence-corrected chi connectivity index (χ2v) is 3.70. The number of aromatic nitrogens is 3. The number of anilines is 1. The highest BCUT2D eigenvalue weighted by Crippen LogP contribution is 2.25. The number of hydrogen-bond acceptors (Lipinski definition) is 6. The van der Waals surface area contributed by atoms with E-state index in [1.807, 2.05) is 6.92 Å². The minimum Gasteiger partial charge on any atom is -0.505 e. The number of rotatable bonds is 3. The maximum Gasteiger partial charge on any atom is 0.315 e. The van der Waals surface area contributed by atoms with Crippen molar-refractivity contribution in [2.75, 3.05) is 11.9 Å². The number of hydrogen-bond donors (Lipinski definition) is 2. The fourth-order valence-corrected chi connectivity index (χ4v) is 1.42. The molecule has 0 aliphatic rings. The summed E-state index contributed by atoms with van der Waals surface area (Å²) in [5, 5.41) is 19.8. The highest BCUT2D eigenvalue weighted by atomic mass is 79.9. The fraction of sp³-hybridized carbons (Fsp3) is 0.222. The summed E-state index contributed by atoms with van der Waals surface area (Å²) < 4.78 is 5.65. The Labute approximate surface area is 99.9 Å². The third-order valence-electron chi connectivity index (χ3n) is 1.80. The highest BCUT2D eigenvalue weighted by molar-refractivity contribution is 9.10. The van der Waals surface area contributed by atoms with Crippen LogP contribution in [0, 0.1) is 0 Å². The molecule has 2 aromatic heterocycles. The predicted octanol–water partition coefficient (Wildman–Crippen LogP) is 2.03. The lowest BCUT2D eigenvalue weighted by molar-refractivity contribution is 0.468. The van der Waals surface area contributed by atoms with Crippen molar-refractivity contribution >= 4 is 21.9 Å². The maximum absolute atomic E-state index is 9.29. The first-order chi connectivity index (χ1) is 7.70. The molecule has 0 saturated carbocycles. The molecule has 0 spiro atoms. The average Bonchev–Trinajstić information content (AvgIpc) is 2.71. The van der Waals surface area contributed by atoms with Gasteiger partial charge in [-0.15, -0.1) is 5.10 Å². The van der Waals surface area contributed by atoms with Crippen molar-refractivity contribution in [2.45, 2.75) is 6.92 Å². The van der Waals surface area contributed by atoms with Gasteiger partial charge in [0.05, 0.1) is 0 Å². The molecule has 2 aromatic rings. The third kappa shape index (κ3) is 2.13.